The Morgan fingerprint density at radius 2 is 1.89 bits per heavy atom. The molecule has 0 saturated carbocycles. The molecule has 0 aromatic carbocycles. The maximum atomic E-state index is 10.8. The number of nitrogens with one attached hydrogen (secondary N) is 1. The molecule has 1 heterocycles. The van der Waals surface area contributed by atoms with Gasteiger partial charge in [0.25, 0.3) is 0 Å². The number of amides is 1. The summed E-state index contributed by atoms with van der Waals surface area (Å²) in [5.74, 6) is 0.514. The zero-order valence-electron chi connectivity index (χ0n) is 12.4. The van der Waals surface area contributed by atoms with Crippen LogP contribution >= 0.6 is 0 Å². The lowest BCUT2D eigenvalue weighted by atomic mass is 10.1. The van der Waals surface area contributed by atoms with Crippen molar-refractivity contribution in [2.75, 3.05) is 26.2 Å². The van der Waals surface area contributed by atoms with Crippen LogP contribution in [0.2, 0.25) is 0 Å². The first-order valence-corrected chi connectivity index (χ1v) is 7.92. The fourth-order valence-corrected chi connectivity index (χ4v) is 2.69. The second-order valence-corrected chi connectivity index (χ2v) is 5.71. The van der Waals surface area contributed by atoms with E-state index in [1.54, 1.807) is 0 Å². The number of carbonyl (C=O) groups is 1. The molecule has 0 aromatic rings. The number of likely N-dealkylation sites (tertiary alicyclic amines) is 1. The number of rotatable bonds is 10. The van der Waals surface area contributed by atoms with Crippen molar-refractivity contribution in [1.82, 2.24) is 10.2 Å². The van der Waals surface area contributed by atoms with Crippen molar-refractivity contribution in [3.63, 3.8) is 0 Å². The van der Waals surface area contributed by atoms with Crippen molar-refractivity contribution in [1.29, 1.82) is 0 Å². The lowest BCUT2D eigenvalue weighted by molar-refractivity contribution is 0.154. The highest BCUT2D eigenvalue weighted by atomic mass is 16.4. The van der Waals surface area contributed by atoms with E-state index >= 15 is 0 Å². The van der Waals surface area contributed by atoms with E-state index in [-0.39, 0.29) is 0 Å². The summed E-state index contributed by atoms with van der Waals surface area (Å²) >= 11 is 0. The van der Waals surface area contributed by atoms with Gasteiger partial charge in [-0.1, -0.05) is 45.4 Å². The van der Waals surface area contributed by atoms with Crippen molar-refractivity contribution in [2.24, 2.45) is 5.92 Å². The molecule has 1 fully saturated rings. The molecule has 4 nitrogen and oxygen atoms in total. The predicted octanol–water partition coefficient (Wildman–Crippen LogP) is 3.33. The average Bonchev–Trinajstić information content (AvgIpc) is 2.86. The van der Waals surface area contributed by atoms with E-state index < -0.39 is 6.09 Å². The molecule has 1 rings (SSSR count). The Morgan fingerprint density at radius 3 is 2.53 bits per heavy atom. The third-order valence-corrected chi connectivity index (χ3v) is 3.95. The summed E-state index contributed by atoms with van der Waals surface area (Å²) in [7, 11) is 0. The van der Waals surface area contributed by atoms with Crippen LogP contribution in [0.3, 0.4) is 0 Å². The van der Waals surface area contributed by atoms with Crippen LogP contribution in [0.4, 0.5) is 4.79 Å². The molecule has 0 aromatic heterocycles. The van der Waals surface area contributed by atoms with Crippen LogP contribution in [0, 0.1) is 5.92 Å². The van der Waals surface area contributed by atoms with Gasteiger partial charge in [0.2, 0.25) is 0 Å². The van der Waals surface area contributed by atoms with E-state index in [4.69, 9.17) is 5.11 Å². The first kappa shape index (κ1) is 16.3. The van der Waals surface area contributed by atoms with E-state index in [1.807, 2.05) is 0 Å². The van der Waals surface area contributed by atoms with Gasteiger partial charge in [0.1, 0.15) is 0 Å². The van der Waals surface area contributed by atoms with Gasteiger partial charge in [0.15, 0.2) is 0 Å². The highest BCUT2D eigenvalue weighted by Crippen LogP contribution is 2.15. The van der Waals surface area contributed by atoms with Crippen molar-refractivity contribution in [3.05, 3.63) is 0 Å². The Hall–Kier alpha value is -0.770. The van der Waals surface area contributed by atoms with Crippen LogP contribution in [0.15, 0.2) is 0 Å². The topological polar surface area (TPSA) is 52.6 Å². The van der Waals surface area contributed by atoms with E-state index in [9.17, 15) is 4.79 Å². The summed E-state index contributed by atoms with van der Waals surface area (Å²) in [4.78, 5) is 12.3. The minimum Gasteiger partial charge on any atom is -0.465 e. The van der Waals surface area contributed by atoms with Gasteiger partial charge in [-0.25, -0.2) is 4.79 Å². The number of hydrogen-bond acceptors (Lipinski definition) is 2. The standard InChI is InChI=1S/C15H30N2O2/c1-2-3-4-5-6-7-8-10-16-12-14-9-11-17(13-14)15(18)19/h14,16H,2-13H2,1H3,(H,18,19). The molecule has 4 heteroatoms. The van der Waals surface area contributed by atoms with Crippen molar-refractivity contribution >= 4 is 6.09 Å². The van der Waals surface area contributed by atoms with E-state index in [1.165, 1.54) is 49.8 Å². The molecule has 19 heavy (non-hydrogen) atoms. The van der Waals surface area contributed by atoms with Crippen LogP contribution in [0.25, 0.3) is 0 Å². The molecule has 1 amide bonds. The Morgan fingerprint density at radius 1 is 1.21 bits per heavy atom. The maximum absolute atomic E-state index is 10.8. The largest absolute Gasteiger partial charge is 0.465 e. The SMILES string of the molecule is CCCCCCCCCNCC1CCN(C(=O)O)C1. The van der Waals surface area contributed by atoms with Gasteiger partial charge in [-0.05, 0) is 31.8 Å². The molecule has 0 aliphatic carbocycles. The average molecular weight is 270 g/mol. The number of hydrogen-bond donors (Lipinski definition) is 2. The van der Waals surface area contributed by atoms with Gasteiger partial charge in [-0.15, -0.1) is 0 Å². The van der Waals surface area contributed by atoms with E-state index in [0.29, 0.717) is 19.0 Å². The molecule has 1 aliphatic rings. The van der Waals surface area contributed by atoms with Gasteiger partial charge in [0, 0.05) is 13.1 Å². The van der Waals surface area contributed by atoms with Gasteiger partial charge in [0.05, 0.1) is 0 Å². The highest BCUT2D eigenvalue weighted by molar-refractivity contribution is 5.65. The van der Waals surface area contributed by atoms with Crippen LogP contribution in [0.5, 0.6) is 0 Å². The minimum atomic E-state index is -0.769. The summed E-state index contributed by atoms with van der Waals surface area (Å²) in [6, 6.07) is 0. The quantitative estimate of drug-likeness (QED) is 0.599. The van der Waals surface area contributed by atoms with Crippen LogP contribution in [-0.2, 0) is 0 Å². The summed E-state index contributed by atoms with van der Waals surface area (Å²) in [6.45, 7) is 5.72. The Labute approximate surface area is 117 Å². The molecule has 112 valence electrons. The maximum Gasteiger partial charge on any atom is 0.407 e. The zero-order valence-corrected chi connectivity index (χ0v) is 12.4. The second kappa shape index (κ2) is 10.1. The molecule has 0 radical (unpaired) electrons. The lowest BCUT2D eigenvalue weighted by Gasteiger charge is -2.12. The van der Waals surface area contributed by atoms with Crippen molar-refractivity contribution in [2.45, 2.75) is 58.3 Å². The minimum absolute atomic E-state index is 0.514. The third kappa shape index (κ3) is 7.41. The lowest BCUT2D eigenvalue weighted by Crippen LogP contribution is -2.29. The summed E-state index contributed by atoms with van der Waals surface area (Å²) in [6.07, 6.45) is 9.63. The fourth-order valence-electron chi connectivity index (χ4n) is 2.69. The molecule has 0 spiro atoms. The Bertz CT molecular complexity index is 246. The molecular weight excluding hydrogens is 240 g/mol. The summed E-state index contributed by atoms with van der Waals surface area (Å²) in [5, 5.41) is 12.3. The number of nitrogens with zero attached hydrogens (tertiary/aromatic N) is 1. The Balaban J connectivity index is 1.85. The van der Waals surface area contributed by atoms with Crippen LogP contribution in [0.1, 0.15) is 58.3 Å². The Kier molecular flexibility index (Phi) is 8.63. The number of carboxylic acid groups (broad SMARTS) is 1. The molecule has 1 aliphatic heterocycles. The molecule has 0 bridgehead atoms. The monoisotopic (exact) mass is 270 g/mol. The predicted molar refractivity (Wildman–Crippen MR) is 78.6 cm³/mol. The molecular formula is C15H30N2O2. The third-order valence-electron chi connectivity index (χ3n) is 3.95. The van der Waals surface area contributed by atoms with Gasteiger partial charge >= 0.3 is 6.09 Å². The first-order valence-electron chi connectivity index (χ1n) is 7.92. The van der Waals surface area contributed by atoms with Crippen LogP contribution in [-0.4, -0.2) is 42.3 Å². The highest BCUT2D eigenvalue weighted by Gasteiger charge is 2.25. The van der Waals surface area contributed by atoms with Crippen molar-refractivity contribution in [3.8, 4) is 0 Å². The molecule has 2 N–H and O–H groups in total. The second-order valence-electron chi connectivity index (χ2n) is 5.71. The van der Waals surface area contributed by atoms with Crippen molar-refractivity contribution < 1.29 is 9.90 Å². The first-order chi connectivity index (χ1) is 9.24. The fraction of sp³-hybridized carbons (Fsp3) is 0.933. The normalized spacial score (nSPS) is 19.0. The summed E-state index contributed by atoms with van der Waals surface area (Å²) < 4.78 is 0. The molecule has 1 unspecified atom stereocenters. The summed E-state index contributed by atoms with van der Waals surface area (Å²) in [5.41, 5.74) is 0. The van der Waals surface area contributed by atoms with Gasteiger partial charge < -0.3 is 15.3 Å². The smallest absolute Gasteiger partial charge is 0.407 e. The van der Waals surface area contributed by atoms with Gasteiger partial charge in [-0.3, -0.25) is 0 Å². The number of unbranched alkanes of at least 4 members (excludes halogenated alkanes) is 6. The van der Waals surface area contributed by atoms with Gasteiger partial charge in [-0.2, -0.15) is 0 Å². The molecule has 1 atom stereocenters. The zero-order chi connectivity index (χ0) is 13.9. The van der Waals surface area contributed by atoms with E-state index in [0.717, 1.165) is 19.5 Å². The molecule has 1 saturated heterocycles. The van der Waals surface area contributed by atoms with Crippen LogP contribution < -0.4 is 5.32 Å². The van der Waals surface area contributed by atoms with E-state index in [2.05, 4.69) is 12.2 Å².